The molecule has 0 bridgehead atoms. The summed E-state index contributed by atoms with van der Waals surface area (Å²) in [4.78, 5) is 33.5. The van der Waals surface area contributed by atoms with Gasteiger partial charge in [-0.3, -0.25) is 9.59 Å². The number of nitrogens with two attached hydrogens (primary N) is 2. The van der Waals surface area contributed by atoms with Crippen molar-refractivity contribution in [2.45, 2.75) is 31.3 Å². The first-order chi connectivity index (χ1) is 9.90. The molecule has 6 N–H and O–H groups in total. The first-order valence-corrected chi connectivity index (χ1v) is 6.51. The van der Waals surface area contributed by atoms with Gasteiger partial charge < -0.3 is 21.9 Å². The fourth-order valence-electron chi connectivity index (χ4n) is 1.80. The zero-order valence-corrected chi connectivity index (χ0v) is 11.5. The Morgan fingerprint density at radius 2 is 1.81 bits per heavy atom. The van der Waals surface area contributed by atoms with Crippen LogP contribution in [0.4, 0.5) is 0 Å². The second kappa shape index (κ2) is 8.01. The molecule has 0 saturated carbocycles. The average Bonchev–Trinajstić information content (AvgIpc) is 2.43. The predicted molar refractivity (Wildman–Crippen MR) is 76.1 cm³/mol. The second-order valence-corrected chi connectivity index (χ2v) is 4.70. The normalized spacial score (nSPS) is 13.2. The minimum atomic E-state index is -1.15. The van der Waals surface area contributed by atoms with E-state index in [1.54, 1.807) is 0 Å². The number of benzene rings is 1. The zero-order chi connectivity index (χ0) is 15.8. The van der Waals surface area contributed by atoms with Gasteiger partial charge in [-0.2, -0.15) is 0 Å². The maximum atomic E-state index is 11.7. The smallest absolute Gasteiger partial charge is 0.326 e. The fraction of sp³-hybridized carbons (Fsp3) is 0.357. The van der Waals surface area contributed by atoms with Gasteiger partial charge >= 0.3 is 5.97 Å². The first-order valence-electron chi connectivity index (χ1n) is 6.51. The standard InChI is InChI=1S/C14H19N3O4/c15-10(8-12(16)18)13(19)17-11(14(20)21)7-6-9-4-2-1-3-5-9/h1-5,10-11H,6-8,15H2,(H2,16,18)(H,17,19)(H,20,21)/t10?,11-/m0/s1. The van der Waals surface area contributed by atoms with Crippen LogP contribution in [0.15, 0.2) is 30.3 Å². The summed E-state index contributed by atoms with van der Waals surface area (Å²) in [6, 6.07) is 7.12. The van der Waals surface area contributed by atoms with Crippen LogP contribution in [0.3, 0.4) is 0 Å². The molecule has 2 atom stereocenters. The highest BCUT2D eigenvalue weighted by Crippen LogP contribution is 2.05. The first kappa shape index (κ1) is 16.6. The molecule has 0 saturated heterocycles. The Kier molecular flexibility index (Phi) is 6.35. The number of hydrogen-bond donors (Lipinski definition) is 4. The largest absolute Gasteiger partial charge is 0.480 e. The topological polar surface area (TPSA) is 136 Å². The van der Waals surface area contributed by atoms with Gasteiger partial charge in [0.15, 0.2) is 0 Å². The van der Waals surface area contributed by atoms with E-state index in [1.807, 2.05) is 30.3 Å². The van der Waals surface area contributed by atoms with Gasteiger partial charge in [-0.25, -0.2) is 4.79 Å². The molecule has 21 heavy (non-hydrogen) atoms. The molecular formula is C14H19N3O4. The monoisotopic (exact) mass is 293 g/mol. The number of aryl methyl sites for hydroxylation is 1. The lowest BCUT2D eigenvalue weighted by atomic mass is 10.0. The van der Waals surface area contributed by atoms with Crippen LogP contribution in [0.2, 0.25) is 0 Å². The molecule has 0 aliphatic rings. The predicted octanol–water partition coefficient (Wildman–Crippen LogP) is -0.609. The lowest BCUT2D eigenvalue weighted by Crippen LogP contribution is -2.49. The Morgan fingerprint density at radius 3 is 2.33 bits per heavy atom. The maximum absolute atomic E-state index is 11.7. The lowest BCUT2D eigenvalue weighted by molar-refractivity contribution is -0.142. The van der Waals surface area contributed by atoms with Crippen molar-refractivity contribution in [1.82, 2.24) is 5.32 Å². The number of carboxylic acid groups (broad SMARTS) is 1. The molecule has 0 fully saturated rings. The van der Waals surface area contributed by atoms with Gasteiger partial charge in [0.05, 0.1) is 12.5 Å². The molecule has 1 aromatic rings. The van der Waals surface area contributed by atoms with E-state index in [0.717, 1.165) is 5.56 Å². The molecule has 0 heterocycles. The summed E-state index contributed by atoms with van der Waals surface area (Å²) in [5.74, 6) is -2.56. The summed E-state index contributed by atoms with van der Waals surface area (Å²) < 4.78 is 0. The van der Waals surface area contributed by atoms with Crippen LogP contribution in [0.1, 0.15) is 18.4 Å². The summed E-state index contributed by atoms with van der Waals surface area (Å²) in [5.41, 5.74) is 11.4. The maximum Gasteiger partial charge on any atom is 0.326 e. The molecular weight excluding hydrogens is 274 g/mol. The van der Waals surface area contributed by atoms with Crippen LogP contribution in [0.25, 0.3) is 0 Å². The minimum Gasteiger partial charge on any atom is -0.480 e. The number of amides is 2. The molecule has 114 valence electrons. The van der Waals surface area contributed by atoms with Gasteiger partial charge in [0.2, 0.25) is 11.8 Å². The third-order valence-electron chi connectivity index (χ3n) is 2.94. The number of carbonyl (C=O) groups is 3. The number of aliphatic carboxylic acids is 1. The van der Waals surface area contributed by atoms with Gasteiger partial charge in [0.25, 0.3) is 0 Å². The van der Waals surface area contributed by atoms with Crippen molar-refractivity contribution in [3.8, 4) is 0 Å². The van der Waals surface area contributed by atoms with Crippen molar-refractivity contribution in [1.29, 1.82) is 0 Å². The van der Waals surface area contributed by atoms with Gasteiger partial charge in [-0.15, -0.1) is 0 Å². The Bertz CT molecular complexity index is 504. The molecule has 0 aromatic heterocycles. The van der Waals surface area contributed by atoms with Crippen molar-refractivity contribution in [2.75, 3.05) is 0 Å². The van der Waals surface area contributed by atoms with Crippen molar-refractivity contribution in [3.05, 3.63) is 35.9 Å². The Labute approximate surface area is 122 Å². The van der Waals surface area contributed by atoms with Crippen LogP contribution < -0.4 is 16.8 Å². The van der Waals surface area contributed by atoms with Gasteiger partial charge in [0.1, 0.15) is 6.04 Å². The molecule has 2 amide bonds. The number of rotatable bonds is 8. The summed E-state index contributed by atoms with van der Waals surface area (Å²) in [5, 5.41) is 11.4. The number of primary amides is 1. The molecule has 0 aliphatic heterocycles. The summed E-state index contributed by atoms with van der Waals surface area (Å²) in [6.07, 6.45) is 0.411. The number of carboxylic acids is 1. The molecule has 1 rings (SSSR count). The van der Waals surface area contributed by atoms with Crippen LogP contribution >= 0.6 is 0 Å². The zero-order valence-electron chi connectivity index (χ0n) is 11.5. The highest BCUT2D eigenvalue weighted by Gasteiger charge is 2.23. The summed E-state index contributed by atoms with van der Waals surface area (Å²) in [6.45, 7) is 0. The van der Waals surface area contributed by atoms with Crippen molar-refractivity contribution >= 4 is 17.8 Å². The average molecular weight is 293 g/mol. The molecule has 0 aliphatic carbocycles. The van der Waals surface area contributed by atoms with Crippen LogP contribution in [0.5, 0.6) is 0 Å². The van der Waals surface area contributed by atoms with Gasteiger partial charge in [-0.05, 0) is 18.4 Å². The lowest BCUT2D eigenvalue weighted by Gasteiger charge is -2.17. The Morgan fingerprint density at radius 1 is 1.19 bits per heavy atom. The third-order valence-corrected chi connectivity index (χ3v) is 2.94. The van der Waals surface area contributed by atoms with Gasteiger partial charge in [0, 0.05) is 0 Å². The third kappa shape index (κ3) is 6.05. The fourth-order valence-corrected chi connectivity index (χ4v) is 1.80. The summed E-state index contributed by atoms with van der Waals surface area (Å²) in [7, 11) is 0. The number of hydrogen-bond acceptors (Lipinski definition) is 4. The van der Waals surface area contributed by atoms with Crippen molar-refractivity contribution in [2.24, 2.45) is 11.5 Å². The second-order valence-electron chi connectivity index (χ2n) is 4.70. The number of nitrogens with one attached hydrogen (secondary N) is 1. The molecule has 7 nitrogen and oxygen atoms in total. The Hall–Kier alpha value is -2.41. The van der Waals surface area contributed by atoms with E-state index in [-0.39, 0.29) is 12.8 Å². The molecule has 1 aromatic carbocycles. The van der Waals surface area contributed by atoms with E-state index >= 15 is 0 Å². The van der Waals surface area contributed by atoms with E-state index in [4.69, 9.17) is 16.6 Å². The summed E-state index contributed by atoms with van der Waals surface area (Å²) >= 11 is 0. The highest BCUT2D eigenvalue weighted by atomic mass is 16.4. The SMILES string of the molecule is NC(=O)CC(N)C(=O)N[C@@H](CCc1ccccc1)C(=O)O. The molecule has 0 radical (unpaired) electrons. The van der Waals surface area contributed by atoms with Crippen molar-refractivity contribution < 1.29 is 19.5 Å². The molecule has 7 heteroatoms. The van der Waals surface area contributed by atoms with E-state index in [0.29, 0.717) is 6.42 Å². The van der Waals surface area contributed by atoms with Crippen LogP contribution in [0, 0.1) is 0 Å². The van der Waals surface area contributed by atoms with Crippen LogP contribution in [-0.4, -0.2) is 35.0 Å². The van der Waals surface area contributed by atoms with E-state index in [2.05, 4.69) is 5.32 Å². The molecule has 0 spiro atoms. The minimum absolute atomic E-state index is 0.231. The van der Waals surface area contributed by atoms with E-state index in [9.17, 15) is 14.4 Å². The number of carbonyl (C=O) groups excluding carboxylic acids is 2. The molecule has 1 unspecified atom stereocenters. The van der Waals surface area contributed by atoms with Crippen LogP contribution in [-0.2, 0) is 20.8 Å². The highest BCUT2D eigenvalue weighted by molar-refractivity contribution is 5.90. The van der Waals surface area contributed by atoms with Crippen molar-refractivity contribution in [3.63, 3.8) is 0 Å². The van der Waals surface area contributed by atoms with E-state index in [1.165, 1.54) is 0 Å². The van der Waals surface area contributed by atoms with Gasteiger partial charge in [-0.1, -0.05) is 30.3 Å². The quantitative estimate of drug-likeness (QED) is 0.507. The Balaban J connectivity index is 2.55. The van der Waals surface area contributed by atoms with E-state index < -0.39 is 29.9 Å².